The monoisotopic (exact) mass is 452 g/mol. The number of aromatic nitrogens is 3. The number of amides is 1. The van der Waals surface area contributed by atoms with Gasteiger partial charge in [0.05, 0.1) is 17.1 Å². The normalized spacial score (nSPS) is 15.2. The van der Waals surface area contributed by atoms with E-state index in [1.54, 1.807) is 6.07 Å². The zero-order valence-electron chi connectivity index (χ0n) is 18.6. The van der Waals surface area contributed by atoms with E-state index in [4.69, 9.17) is 4.98 Å². The standard InChI is InChI=1S/C23H28N6O2S/c1-15(2)17-13-18(30)26-27-21(17)22-20(16-7-5-4-6-8-16)25-23(32-22)24-19(31)14-29-11-9-28(3)10-12-29/h4-8,13,15H,9-12,14H2,1-3H3,(H,26,30)(H,24,25,31). The number of piperazine rings is 1. The SMILES string of the molecule is CC(C)c1cc(=O)[nH]nc1-c1sc(NC(=O)CN2CCN(C)CC2)nc1-c1ccccc1. The minimum atomic E-state index is -0.232. The van der Waals surface area contributed by atoms with Crippen molar-refractivity contribution in [2.75, 3.05) is 45.1 Å². The average molecular weight is 453 g/mol. The van der Waals surface area contributed by atoms with Crippen molar-refractivity contribution < 1.29 is 4.79 Å². The van der Waals surface area contributed by atoms with Crippen molar-refractivity contribution >= 4 is 22.4 Å². The smallest absolute Gasteiger partial charge is 0.264 e. The van der Waals surface area contributed by atoms with Crippen molar-refractivity contribution in [1.29, 1.82) is 0 Å². The van der Waals surface area contributed by atoms with Crippen LogP contribution in [0, 0.1) is 0 Å². The molecule has 8 nitrogen and oxygen atoms in total. The second-order valence-electron chi connectivity index (χ2n) is 8.38. The molecule has 3 aromatic rings. The minimum absolute atomic E-state index is 0.0759. The second kappa shape index (κ2) is 9.72. The molecule has 0 unspecified atom stereocenters. The summed E-state index contributed by atoms with van der Waals surface area (Å²) in [6.07, 6.45) is 0. The van der Waals surface area contributed by atoms with E-state index in [-0.39, 0.29) is 17.4 Å². The molecule has 0 atom stereocenters. The number of nitrogens with zero attached hydrogens (tertiary/aromatic N) is 4. The highest BCUT2D eigenvalue weighted by Crippen LogP contribution is 2.40. The van der Waals surface area contributed by atoms with Gasteiger partial charge in [0.15, 0.2) is 5.13 Å². The van der Waals surface area contributed by atoms with Crippen LogP contribution < -0.4 is 10.9 Å². The molecule has 1 aliphatic heterocycles. The van der Waals surface area contributed by atoms with E-state index in [2.05, 4.69) is 32.4 Å². The summed E-state index contributed by atoms with van der Waals surface area (Å²) in [4.78, 5) is 34.6. The van der Waals surface area contributed by atoms with Crippen LogP contribution in [-0.2, 0) is 4.79 Å². The van der Waals surface area contributed by atoms with Crippen molar-refractivity contribution in [2.45, 2.75) is 19.8 Å². The van der Waals surface area contributed by atoms with E-state index in [0.29, 0.717) is 17.4 Å². The molecule has 4 rings (SSSR count). The van der Waals surface area contributed by atoms with Crippen LogP contribution in [0.4, 0.5) is 5.13 Å². The Kier molecular flexibility index (Phi) is 6.78. The molecule has 9 heteroatoms. The zero-order chi connectivity index (χ0) is 22.7. The quantitative estimate of drug-likeness (QED) is 0.597. The van der Waals surface area contributed by atoms with Crippen LogP contribution in [0.15, 0.2) is 41.2 Å². The van der Waals surface area contributed by atoms with E-state index in [9.17, 15) is 9.59 Å². The Bertz CT molecular complexity index is 1130. The molecule has 1 aliphatic rings. The van der Waals surface area contributed by atoms with Crippen LogP contribution in [-0.4, -0.2) is 70.7 Å². The van der Waals surface area contributed by atoms with Crippen molar-refractivity contribution in [3.63, 3.8) is 0 Å². The molecular formula is C23H28N6O2S. The van der Waals surface area contributed by atoms with Gasteiger partial charge in [0.25, 0.3) is 5.56 Å². The van der Waals surface area contributed by atoms with Gasteiger partial charge in [-0.1, -0.05) is 55.5 Å². The lowest BCUT2D eigenvalue weighted by Gasteiger charge is -2.31. The number of benzene rings is 1. The summed E-state index contributed by atoms with van der Waals surface area (Å²) in [5.41, 5.74) is 2.98. The van der Waals surface area contributed by atoms with Gasteiger partial charge in [0.1, 0.15) is 5.69 Å². The average Bonchev–Trinajstić information content (AvgIpc) is 3.19. The molecule has 32 heavy (non-hydrogen) atoms. The number of anilines is 1. The van der Waals surface area contributed by atoms with Crippen LogP contribution in [0.25, 0.3) is 21.8 Å². The van der Waals surface area contributed by atoms with Gasteiger partial charge in [-0.15, -0.1) is 0 Å². The molecule has 1 saturated heterocycles. The lowest BCUT2D eigenvalue weighted by atomic mass is 10.00. The second-order valence-corrected chi connectivity index (χ2v) is 9.38. The molecule has 168 valence electrons. The van der Waals surface area contributed by atoms with Gasteiger partial charge >= 0.3 is 0 Å². The Morgan fingerprint density at radius 3 is 2.56 bits per heavy atom. The highest BCUT2D eigenvalue weighted by molar-refractivity contribution is 7.19. The molecule has 0 radical (unpaired) electrons. The van der Waals surface area contributed by atoms with Gasteiger partial charge in [0.2, 0.25) is 5.91 Å². The molecular weight excluding hydrogens is 424 g/mol. The number of rotatable bonds is 6. The number of hydrogen-bond acceptors (Lipinski definition) is 7. The third-order valence-electron chi connectivity index (χ3n) is 5.56. The van der Waals surface area contributed by atoms with Crippen LogP contribution in [0.1, 0.15) is 25.3 Å². The van der Waals surface area contributed by atoms with Crippen LogP contribution in [0.5, 0.6) is 0 Å². The zero-order valence-corrected chi connectivity index (χ0v) is 19.4. The van der Waals surface area contributed by atoms with E-state index < -0.39 is 0 Å². The summed E-state index contributed by atoms with van der Waals surface area (Å²) in [6.45, 7) is 8.08. The predicted molar refractivity (Wildman–Crippen MR) is 128 cm³/mol. The fourth-order valence-corrected chi connectivity index (χ4v) is 4.75. The highest BCUT2D eigenvalue weighted by atomic mass is 32.1. The summed E-state index contributed by atoms with van der Waals surface area (Å²) < 4.78 is 0. The number of hydrogen-bond donors (Lipinski definition) is 2. The molecule has 0 saturated carbocycles. The van der Waals surface area contributed by atoms with Crippen molar-refractivity contribution in [3.05, 3.63) is 52.3 Å². The molecule has 1 fully saturated rings. The van der Waals surface area contributed by atoms with Crippen molar-refractivity contribution in [3.8, 4) is 21.8 Å². The third-order valence-corrected chi connectivity index (χ3v) is 6.54. The van der Waals surface area contributed by atoms with Gasteiger partial charge in [-0.3, -0.25) is 14.5 Å². The molecule has 3 heterocycles. The first-order chi connectivity index (χ1) is 15.4. The van der Waals surface area contributed by atoms with Crippen LogP contribution in [0.2, 0.25) is 0 Å². The summed E-state index contributed by atoms with van der Waals surface area (Å²) in [5, 5.41) is 10.4. The first kappa shape index (κ1) is 22.3. The Morgan fingerprint density at radius 1 is 1.16 bits per heavy atom. The highest BCUT2D eigenvalue weighted by Gasteiger charge is 2.22. The molecule has 0 aliphatic carbocycles. The Hall–Kier alpha value is -2.88. The van der Waals surface area contributed by atoms with Crippen LogP contribution >= 0.6 is 11.3 Å². The van der Waals surface area contributed by atoms with E-state index >= 15 is 0 Å². The number of H-pyrrole nitrogens is 1. The van der Waals surface area contributed by atoms with Gasteiger partial charge in [-0.2, -0.15) is 5.10 Å². The predicted octanol–water partition coefficient (Wildman–Crippen LogP) is 2.87. The van der Waals surface area contributed by atoms with Gasteiger partial charge in [-0.25, -0.2) is 10.1 Å². The number of carbonyl (C=O) groups is 1. The maximum atomic E-state index is 12.7. The maximum absolute atomic E-state index is 12.7. The fourth-order valence-electron chi connectivity index (χ4n) is 3.73. The Balaban J connectivity index is 1.65. The first-order valence-electron chi connectivity index (χ1n) is 10.8. The summed E-state index contributed by atoms with van der Waals surface area (Å²) in [6, 6.07) is 11.4. The molecule has 1 aromatic carbocycles. The first-order valence-corrected chi connectivity index (χ1v) is 11.6. The molecule has 0 bridgehead atoms. The molecule has 1 amide bonds. The van der Waals surface area contributed by atoms with Gasteiger partial charge in [0, 0.05) is 37.8 Å². The fraction of sp³-hybridized carbons (Fsp3) is 0.391. The number of nitrogens with one attached hydrogen (secondary N) is 2. The Labute approximate surface area is 191 Å². The topological polar surface area (TPSA) is 94.2 Å². The number of aromatic amines is 1. The van der Waals surface area contributed by atoms with Crippen molar-refractivity contribution in [1.82, 2.24) is 25.0 Å². The minimum Gasteiger partial charge on any atom is -0.304 e. The van der Waals surface area contributed by atoms with Crippen LogP contribution in [0.3, 0.4) is 0 Å². The number of thiazole rings is 1. The Morgan fingerprint density at radius 2 is 1.88 bits per heavy atom. The number of likely N-dealkylation sites (N-methyl/N-ethyl adjacent to an activating group) is 1. The molecule has 2 aromatic heterocycles. The summed E-state index contributed by atoms with van der Waals surface area (Å²) >= 11 is 1.38. The summed E-state index contributed by atoms with van der Waals surface area (Å²) in [5.74, 6) is 0.0359. The lowest BCUT2D eigenvalue weighted by Crippen LogP contribution is -2.47. The molecule has 2 N–H and O–H groups in total. The maximum Gasteiger partial charge on any atom is 0.264 e. The number of carbonyl (C=O) groups excluding carboxylic acids is 1. The van der Waals surface area contributed by atoms with E-state index in [1.807, 2.05) is 44.2 Å². The van der Waals surface area contributed by atoms with Gasteiger partial charge < -0.3 is 10.2 Å². The third kappa shape index (κ3) is 5.12. The summed E-state index contributed by atoms with van der Waals surface area (Å²) in [7, 11) is 2.09. The van der Waals surface area contributed by atoms with Crippen molar-refractivity contribution in [2.24, 2.45) is 0 Å². The van der Waals surface area contributed by atoms with E-state index in [0.717, 1.165) is 47.9 Å². The van der Waals surface area contributed by atoms with Gasteiger partial charge in [-0.05, 0) is 18.5 Å². The van der Waals surface area contributed by atoms with E-state index in [1.165, 1.54) is 11.3 Å². The molecule has 0 spiro atoms. The largest absolute Gasteiger partial charge is 0.304 e. The lowest BCUT2D eigenvalue weighted by molar-refractivity contribution is -0.117.